The summed E-state index contributed by atoms with van der Waals surface area (Å²) in [5, 5.41) is 9.59. The highest BCUT2D eigenvalue weighted by Crippen LogP contribution is 2.23. The monoisotopic (exact) mass is 289 g/mol. The fourth-order valence-electron chi connectivity index (χ4n) is 1.80. The smallest absolute Gasteiger partial charge is 0.241 e. The summed E-state index contributed by atoms with van der Waals surface area (Å²) in [6, 6.07) is 2.36. The molecule has 1 unspecified atom stereocenters. The molecular weight excluding hydrogens is 269 g/mol. The quantitative estimate of drug-likeness (QED) is 0.889. The number of halogens is 1. The Morgan fingerprint density at radius 3 is 2.05 bits per heavy atom. The highest BCUT2D eigenvalue weighted by atomic mass is 32.2. The van der Waals surface area contributed by atoms with Gasteiger partial charge in [0.05, 0.1) is 16.5 Å². The molecule has 0 fully saturated rings. The maximum absolute atomic E-state index is 13.2. The molecule has 0 bridgehead atoms. The van der Waals surface area contributed by atoms with Crippen LogP contribution in [0.15, 0.2) is 17.0 Å². The van der Waals surface area contributed by atoms with Crippen molar-refractivity contribution in [1.82, 2.24) is 4.72 Å². The molecule has 0 aliphatic rings. The second kappa shape index (κ2) is 5.19. The molecule has 2 N–H and O–H groups in total. The van der Waals surface area contributed by atoms with Gasteiger partial charge in [-0.05, 0) is 57.9 Å². The highest BCUT2D eigenvalue weighted by Gasteiger charge is 2.32. The van der Waals surface area contributed by atoms with E-state index < -0.39 is 27.5 Å². The topological polar surface area (TPSA) is 66.4 Å². The first-order valence-corrected chi connectivity index (χ1v) is 7.44. The summed E-state index contributed by atoms with van der Waals surface area (Å²) in [6.45, 7) is 7.76. The molecule has 0 aliphatic heterocycles. The van der Waals surface area contributed by atoms with Crippen molar-refractivity contribution >= 4 is 10.0 Å². The minimum atomic E-state index is -3.82. The van der Waals surface area contributed by atoms with E-state index in [0.29, 0.717) is 11.1 Å². The first-order valence-electron chi connectivity index (χ1n) is 5.96. The van der Waals surface area contributed by atoms with Crippen LogP contribution in [0.1, 0.15) is 31.9 Å². The first-order chi connectivity index (χ1) is 8.47. The lowest BCUT2D eigenvalue weighted by atomic mass is 10.0. The van der Waals surface area contributed by atoms with E-state index in [0.717, 1.165) is 0 Å². The largest absolute Gasteiger partial charge is 0.391 e. The summed E-state index contributed by atoms with van der Waals surface area (Å²) in [5.41, 5.74) is -0.329. The van der Waals surface area contributed by atoms with Crippen LogP contribution < -0.4 is 4.72 Å². The van der Waals surface area contributed by atoms with Crippen molar-refractivity contribution in [3.8, 4) is 0 Å². The second-order valence-corrected chi connectivity index (χ2v) is 6.99. The van der Waals surface area contributed by atoms with Gasteiger partial charge in [0.15, 0.2) is 0 Å². The molecule has 19 heavy (non-hydrogen) atoms. The molecule has 0 aliphatic carbocycles. The predicted molar refractivity (Wildman–Crippen MR) is 72.0 cm³/mol. The van der Waals surface area contributed by atoms with Crippen molar-refractivity contribution in [2.24, 2.45) is 0 Å². The van der Waals surface area contributed by atoms with Crippen LogP contribution in [0.2, 0.25) is 0 Å². The summed E-state index contributed by atoms with van der Waals surface area (Å²) in [5.74, 6) is -0.469. The van der Waals surface area contributed by atoms with E-state index in [1.165, 1.54) is 19.1 Å². The molecule has 0 amide bonds. The molecule has 4 nitrogen and oxygen atoms in total. The number of hydrogen-bond donors (Lipinski definition) is 2. The van der Waals surface area contributed by atoms with Crippen LogP contribution in [0.25, 0.3) is 0 Å². The van der Waals surface area contributed by atoms with Crippen molar-refractivity contribution in [1.29, 1.82) is 0 Å². The SMILES string of the molecule is Cc1cc(F)cc(C)c1S(=O)(=O)NC(C)(C)C(C)O. The average Bonchev–Trinajstić information content (AvgIpc) is 2.12. The molecule has 0 saturated carbocycles. The van der Waals surface area contributed by atoms with Gasteiger partial charge in [-0.2, -0.15) is 0 Å². The highest BCUT2D eigenvalue weighted by molar-refractivity contribution is 7.89. The van der Waals surface area contributed by atoms with Gasteiger partial charge in [0.1, 0.15) is 5.82 Å². The fraction of sp³-hybridized carbons (Fsp3) is 0.538. The summed E-state index contributed by atoms with van der Waals surface area (Å²) in [6.07, 6.45) is -0.858. The Morgan fingerprint density at radius 2 is 1.68 bits per heavy atom. The van der Waals surface area contributed by atoms with E-state index in [1.54, 1.807) is 27.7 Å². The van der Waals surface area contributed by atoms with Gasteiger partial charge in [-0.3, -0.25) is 0 Å². The van der Waals surface area contributed by atoms with Crippen molar-refractivity contribution in [3.63, 3.8) is 0 Å². The lowest BCUT2D eigenvalue weighted by Crippen LogP contribution is -2.51. The molecule has 0 heterocycles. The van der Waals surface area contributed by atoms with Crippen molar-refractivity contribution in [3.05, 3.63) is 29.1 Å². The molecule has 0 radical (unpaired) electrons. The molecule has 1 atom stereocenters. The first kappa shape index (κ1) is 16.1. The van der Waals surface area contributed by atoms with E-state index in [2.05, 4.69) is 4.72 Å². The molecule has 6 heteroatoms. The van der Waals surface area contributed by atoms with E-state index in [4.69, 9.17) is 0 Å². The van der Waals surface area contributed by atoms with E-state index in [-0.39, 0.29) is 4.90 Å². The molecule has 0 aromatic heterocycles. The Hall–Kier alpha value is -0.980. The number of aliphatic hydroxyl groups is 1. The number of sulfonamides is 1. The van der Waals surface area contributed by atoms with E-state index in [9.17, 15) is 17.9 Å². The fourth-order valence-corrected chi connectivity index (χ4v) is 3.73. The normalized spacial score (nSPS) is 14.5. The Morgan fingerprint density at radius 1 is 1.26 bits per heavy atom. The standard InChI is InChI=1S/C13H20FNO3S/c1-8-6-11(14)7-9(2)12(8)19(17,18)15-13(4,5)10(3)16/h6-7,10,15-16H,1-5H3. The maximum Gasteiger partial charge on any atom is 0.241 e. The van der Waals surface area contributed by atoms with Crippen LogP contribution >= 0.6 is 0 Å². The Bertz CT molecular complexity index is 557. The van der Waals surface area contributed by atoms with Crippen LogP contribution in [0.4, 0.5) is 4.39 Å². The van der Waals surface area contributed by atoms with Crippen LogP contribution in [-0.2, 0) is 10.0 Å². The minimum Gasteiger partial charge on any atom is -0.391 e. The maximum atomic E-state index is 13.2. The second-order valence-electron chi connectivity index (χ2n) is 5.37. The van der Waals surface area contributed by atoms with Crippen LogP contribution in [0, 0.1) is 19.7 Å². The Labute approximate surface area is 113 Å². The van der Waals surface area contributed by atoms with Crippen molar-refractivity contribution in [2.75, 3.05) is 0 Å². The van der Waals surface area contributed by atoms with Crippen LogP contribution in [-0.4, -0.2) is 25.2 Å². The summed E-state index contributed by atoms with van der Waals surface area (Å²) in [4.78, 5) is 0.0580. The Kier molecular flexibility index (Phi) is 4.39. The molecule has 1 aromatic carbocycles. The number of rotatable bonds is 4. The van der Waals surface area contributed by atoms with Gasteiger partial charge in [-0.1, -0.05) is 0 Å². The third-order valence-electron chi connectivity index (χ3n) is 3.14. The van der Waals surface area contributed by atoms with Gasteiger partial charge >= 0.3 is 0 Å². The van der Waals surface area contributed by atoms with E-state index in [1.807, 2.05) is 0 Å². The summed E-state index contributed by atoms with van der Waals surface area (Å²) >= 11 is 0. The molecular formula is C13H20FNO3S. The van der Waals surface area contributed by atoms with Crippen LogP contribution in [0.3, 0.4) is 0 Å². The van der Waals surface area contributed by atoms with Gasteiger partial charge in [0.2, 0.25) is 10.0 Å². The van der Waals surface area contributed by atoms with Gasteiger partial charge in [-0.25, -0.2) is 17.5 Å². The molecule has 1 rings (SSSR count). The van der Waals surface area contributed by atoms with Gasteiger partial charge in [0, 0.05) is 0 Å². The van der Waals surface area contributed by atoms with Gasteiger partial charge in [0.25, 0.3) is 0 Å². The molecule has 108 valence electrons. The zero-order chi connectivity index (χ0) is 15.0. The third kappa shape index (κ3) is 3.52. The number of hydrogen-bond acceptors (Lipinski definition) is 3. The lowest BCUT2D eigenvalue weighted by molar-refractivity contribution is 0.111. The van der Waals surface area contributed by atoms with Crippen LogP contribution in [0.5, 0.6) is 0 Å². The molecule has 0 saturated heterocycles. The predicted octanol–water partition coefficient (Wildman–Crippen LogP) is 1.88. The molecule has 1 aromatic rings. The number of nitrogens with one attached hydrogen (secondary N) is 1. The molecule has 0 spiro atoms. The van der Waals surface area contributed by atoms with Gasteiger partial charge < -0.3 is 5.11 Å². The van der Waals surface area contributed by atoms with Crippen molar-refractivity contribution in [2.45, 2.75) is 51.2 Å². The summed E-state index contributed by atoms with van der Waals surface area (Å²) in [7, 11) is -3.82. The number of benzene rings is 1. The van der Waals surface area contributed by atoms with Crippen molar-refractivity contribution < 1.29 is 17.9 Å². The summed E-state index contributed by atoms with van der Waals surface area (Å²) < 4.78 is 40.4. The number of aryl methyl sites for hydroxylation is 2. The zero-order valence-corrected chi connectivity index (χ0v) is 12.6. The third-order valence-corrected chi connectivity index (χ3v) is 5.11. The lowest BCUT2D eigenvalue weighted by Gasteiger charge is -2.29. The zero-order valence-electron chi connectivity index (χ0n) is 11.8. The number of aliphatic hydroxyl groups excluding tert-OH is 1. The van der Waals surface area contributed by atoms with E-state index >= 15 is 0 Å². The van der Waals surface area contributed by atoms with Gasteiger partial charge in [-0.15, -0.1) is 0 Å². The average molecular weight is 289 g/mol. The minimum absolute atomic E-state index is 0.0580. The Balaban J connectivity index is 3.30.